The van der Waals surface area contributed by atoms with Gasteiger partial charge in [0.2, 0.25) is 11.9 Å². The first-order chi connectivity index (χ1) is 12.2. The van der Waals surface area contributed by atoms with Crippen LogP contribution in [0.15, 0.2) is 48.8 Å². The van der Waals surface area contributed by atoms with Crippen LogP contribution in [0.4, 0.5) is 5.95 Å². The zero-order valence-corrected chi connectivity index (χ0v) is 14.7. The molecule has 0 aliphatic carbocycles. The third kappa shape index (κ3) is 5.03. The first-order valence-corrected chi connectivity index (χ1v) is 8.82. The van der Waals surface area contributed by atoms with Gasteiger partial charge in [0.15, 0.2) is 0 Å². The number of nitrogens with zero attached hydrogens (tertiary/aromatic N) is 3. The molecule has 1 amide bonds. The van der Waals surface area contributed by atoms with E-state index in [4.69, 9.17) is 11.6 Å². The molecule has 1 saturated heterocycles. The van der Waals surface area contributed by atoms with Gasteiger partial charge in [0.25, 0.3) is 0 Å². The Kier molecular flexibility index (Phi) is 6.01. The fourth-order valence-corrected chi connectivity index (χ4v) is 3.07. The summed E-state index contributed by atoms with van der Waals surface area (Å²) in [4.78, 5) is 22.7. The number of piperidine rings is 1. The first-order valence-electron chi connectivity index (χ1n) is 8.45. The Morgan fingerprint density at radius 1 is 1.20 bits per heavy atom. The van der Waals surface area contributed by atoms with Gasteiger partial charge < -0.3 is 10.2 Å². The second-order valence-corrected chi connectivity index (χ2v) is 6.49. The van der Waals surface area contributed by atoms with E-state index in [1.165, 1.54) is 6.08 Å². The minimum Gasteiger partial charge on any atom is -0.352 e. The van der Waals surface area contributed by atoms with Crippen LogP contribution < -0.4 is 10.2 Å². The molecule has 0 bridgehead atoms. The molecular weight excluding hydrogens is 336 g/mol. The van der Waals surface area contributed by atoms with Crippen molar-refractivity contribution in [2.75, 3.05) is 24.5 Å². The van der Waals surface area contributed by atoms with Crippen LogP contribution in [-0.4, -0.2) is 35.5 Å². The van der Waals surface area contributed by atoms with Crippen molar-refractivity contribution in [2.24, 2.45) is 5.92 Å². The summed E-state index contributed by atoms with van der Waals surface area (Å²) in [5.41, 5.74) is 0.843. The summed E-state index contributed by atoms with van der Waals surface area (Å²) >= 11 is 6.07. The van der Waals surface area contributed by atoms with Crippen molar-refractivity contribution >= 4 is 29.5 Å². The lowest BCUT2D eigenvalue weighted by atomic mass is 9.97. The molecule has 5 nitrogen and oxygen atoms in total. The number of rotatable bonds is 5. The van der Waals surface area contributed by atoms with Crippen molar-refractivity contribution in [1.82, 2.24) is 15.3 Å². The summed E-state index contributed by atoms with van der Waals surface area (Å²) in [5, 5.41) is 3.62. The van der Waals surface area contributed by atoms with Crippen LogP contribution in [0.3, 0.4) is 0 Å². The van der Waals surface area contributed by atoms with Crippen LogP contribution in [-0.2, 0) is 4.79 Å². The van der Waals surface area contributed by atoms with E-state index in [9.17, 15) is 4.79 Å². The monoisotopic (exact) mass is 356 g/mol. The minimum absolute atomic E-state index is 0.0891. The lowest BCUT2D eigenvalue weighted by molar-refractivity contribution is -0.116. The molecule has 2 aromatic rings. The van der Waals surface area contributed by atoms with Crippen LogP contribution in [0.1, 0.15) is 18.4 Å². The number of amides is 1. The third-order valence-electron chi connectivity index (χ3n) is 4.33. The average Bonchev–Trinajstić information content (AvgIpc) is 2.67. The Hall–Kier alpha value is -2.40. The number of hydrogen-bond donors (Lipinski definition) is 1. The van der Waals surface area contributed by atoms with Gasteiger partial charge >= 0.3 is 0 Å². The second kappa shape index (κ2) is 8.62. The van der Waals surface area contributed by atoms with E-state index in [1.54, 1.807) is 18.5 Å². The van der Waals surface area contributed by atoms with Gasteiger partial charge in [-0.05, 0) is 42.5 Å². The van der Waals surface area contributed by atoms with Crippen molar-refractivity contribution in [3.05, 3.63) is 59.4 Å². The molecule has 0 unspecified atom stereocenters. The van der Waals surface area contributed by atoms with Gasteiger partial charge in [-0.15, -0.1) is 0 Å². The molecule has 3 rings (SSSR count). The number of carbonyl (C=O) groups excluding carboxylic acids is 1. The highest BCUT2D eigenvalue weighted by Gasteiger charge is 2.20. The van der Waals surface area contributed by atoms with Gasteiger partial charge in [-0.1, -0.05) is 29.8 Å². The largest absolute Gasteiger partial charge is 0.352 e. The summed E-state index contributed by atoms with van der Waals surface area (Å²) < 4.78 is 0. The van der Waals surface area contributed by atoms with Crippen molar-refractivity contribution in [3.63, 3.8) is 0 Å². The number of hydrogen-bond acceptors (Lipinski definition) is 4. The smallest absolute Gasteiger partial charge is 0.244 e. The van der Waals surface area contributed by atoms with E-state index in [-0.39, 0.29) is 5.91 Å². The van der Waals surface area contributed by atoms with Gasteiger partial charge in [-0.2, -0.15) is 0 Å². The zero-order valence-electron chi connectivity index (χ0n) is 13.9. The van der Waals surface area contributed by atoms with Gasteiger partial charge in [-0.3, -0.25) is 4.79 Å². The average molecular weight is 357 g/mol. The van der Waals surface area contributed by atoms with Crippen LogP contribution in [0.2, 0.25) is 5.02 Å². The number of anilines is 1. The Balaban J connectivity index is 1.42. The van der Waals surface area contributed by atoms with E-state index < -0.39 is 0 Å². The Morgan fingerprint density at radius 3 is 2.64 bits per heavy atom. The maximum Gasteiger partial charge on any atom is 0.244 e. The van der Waals surface area contributed by atoms with E-state index in [0.717, 1.165) is 37.4 Å². The second-order valence-electron chi connectivity index (χ2n) is 6.08. The Morgan fingerprint density at radius 2 is 1.92 bits per heavy atom. The van der Waals surface area contributed by atoms with Crippen LogP contribution in [0.25, 0.3) is 6.08 Å². The van der Waals surface area contributed by atoms with Gasteiger partial charge in [0.1, 0.15) is 0 Å². The highest BCUT2D eigenvalue weighted by Crippen LogP contribution is 2.20. The Bertz CT molecular complexity index is 727. The van der Waals surface area contributed by atoms with Gasteiger partial charge in [0.05, 0.1) is 0 Å². The first kappa shape index (κ1) is 17.4. The molecule has 0 atom stereocenters. The number of aromatic nitrogens is 2. The molecule has 1 aromatic heterocycles. The summed E-state index contributed by atoms with van der Waals surface area (Å²) in [6, 6.07) is 9.28. The molecule has 25 heavy (non-hydrogen) atoms. The molecule has 0 radical (unpaired) electrons. The highest BCUT2D eigenvalue weighted by atomic mass is 35.5. The summed E-state index contributed by atoms with van der Waals surface area (Å²) in [7, 11) is 0. The molecule has 1 fully saturated rings. The van der Waals surface area contributed by atoms with Gasteiger partial charge in [0, 0.05) is 43.1 Å². The molecule has 1 aliphatic heterocycles. The lowest BCUT2D eigenvalue weighted by Crippen LogP contribution is -2.39. The van der Waals surface area contributed by atoms with Gasteiger partial charge in [-0.25, -0.2) is 9.97 Å². The molecule has 2 heterocycles. The van der Waals surface area contributed by atoms with Crippen LogP contribution in [0, 0.1) is 5.92 Å². The molecule has 130 valence electrons. The molecule has 0 saturated carbocycles. The summed E-state index contributed by atoms with van der Waals surface area (Å²) in [5.74, 6) is 1.18. The topological polar surface area (TPSA) is 58.1 Å². The van der Waals surface area contributed by atoms with E-state index in [0.29, 0.717) is 17.5 Å². The van der Waals surface area contributed by atoms with Crippen molar-refractivity contribution in [3.8, 4) is 0 Å². The maximum absolute atomic E-state index is 12.0. The fraction of sp³-hybridized carbons (Fsp3) is 0.316. The minimum atomic E-state index is -0.0891. The SMILES string of the molecule is O=C(/C=C/c1ccccc1Cl)NCC1CCN(c2ncccn2)CC1. The van der Waals surface area contributed by atoms with Crippen molar-refractivity contribution in [2.45, 2.75) is 12.8 Å². The van der Waals surface area contributed by atoms with Crippen LogP contribution >= 0.6 is 11.6 Å². The molecule has 1 N–H and O–H groups in total. The fourth-order valence-electron chi connectivity index (χ4n) is 2.87. The number of benzene rings is 1. The summed E-state index contributed by atoms with van der Waals surface area (Å²) in [6.45, 7) is 2.52. The predicted octanol–water partition coefficient (Wildman–Crippen LogP) is 3.18. The van der Waals surface area contributed by atoms with Crippen LogP contribution in [0.5, 0.6) is 0 Å². The zero-order chi connectivity index (χ0) is 17.5. The Labute approximate surface area is 152 Å². The van der Waals surface area contributed by atoms with Crippen molar-refractivity contribution < 1.29 is 4.79 Å². The number of nitrogens with one attached hydrogen (secondary N) is 1. The number of halogens is 1. The molecule has 1 aliphatic rings. The summed E-state index contributed by atoms with van der Waals surface area (Å²) in [6.07, 6.45) is 8.85. The lowest BCUT2D eigenvalue weighted by Gasteiger charge is -2.31. The predicted molar refractivity (Wildman–Crippen MR) is 100 cm³/mol. The van der Waals surface area contributed by atoms with E-state index in [2.05, 4.69) is 20.2 Å². The number of carbonyl (C=O) groups is 1. The molecule has 0 spiro atoms. The quantitative estimate of drug-likeness (QED) is 0.836. The highest BCUT2D eigenvalue weighted by molar-refractivity contribution is 6.32. The standard InChI is InChI=1S/C19H21ClN4O/c20-17-5-2-1-4-16(17)6-7-18(25)23-14-15-8-12-24(13-9-15)19-21-10-3-11-22-19/h1-7,10-11,15H,8-9,12-14H2,(H,23,25)/b7-6+. The normalized spacial score (nSPS) is 15.5. The maximum atomic E-state index is 12.0. The third-order valence-corrected chi connectivity index (χ3v) is 4.68. The van der Waals surface area contributed by atoms with E-state index >= 15 is 0 Å². The molecule has 1 aromatic carbocycles. The molecular formula is C19H21ClN4O. The van der Waals surface area contributed by atoms with E-state index in [1.807, 2.05) is 30.3 Å². The molecule has 6 heteroatoms. The van der Waals surface area contributed by atoms with Crippen molar-refractivity contribution in [1.29, 1.82) is 0 Å².